The van der Waals surface area contributed by atoms with Gasteiger partial charge in [0, 0.05) is 24.3 Å². The minimum absolute atomic E-state index is 0.101. The smallest absolute Gasteiger partial charge is 0.262 e. The molecule has 3 heterocycles. The molecule has 1 aliphatic carbocycles. The average Bonchev–Trinajstić information content (AvgIpc) is 3.13. The van der Waals surface area contributed by atoms with Crippen molar-refractivity contribution in [3.63, 3.8) is 0 Å². The molecule has 7 nitrogen and oxygen atoms in total. The van der Waals surface area contributed by atoms with Gasteiger partial charge in [-0.1, -0.05) is 19.3 Å². The molecule has 0 radical (unpaired) electrons. The second kappa shape index (κ2) is 6.89. The Balaban J connectivity index is 1.39. The fraction of sp³-hybridized carbons (Fsp3) is 0.429. The van der Waals surface area contributed by atoms with Crippen molar-refractivity contribution in [2.24, 2.45) is 0 Å². The number of nitrogens with one attached hydrogen (secondary N) is 1. The summed E-state index contributed by atoms with van der Waals surface area (Å²) in [4.78, 5) is 33.4. The number of aldehydes is 1. The summed E-state index contributed by atoms with van der Waals surface area (Å²) in [6.45, 7) is 1.60. The highest BCUT2D eigenvalue weighted by Gasteiger charge is 2.31. The summed E-state index contributed by atoms with van der Waals surface area (Å²) < 4.78 is 1.97. The zero-order valence-corrected chi connectivity index (χ0v) is 15.7. The van der Waals surface area contributed by atoms with E-state index >= 15 is 0 Å². The van der Waals surface area contributed by atoms with Crippen molar-refractivity contribution in [1.29, 1.82) is 0 Å². The van der Waals surface area contributed by atoms with Crippen molar-refractivity contribution >= 4 is 23.0 Å². The topological polar surface area (TPSA) is 83.9 Å². The van der Waals surface area contributed by atoms with Crippen LogP contribution in [0.3, 0.4) is 0 Å². The predicted octanol–water partition coefficient (Wildman–Crippen LogP) is 3.04. The minimum atomic E-state index is -0.101. The van der Waals surface area contributed by atoms with Crippen LogP contribution in [0.1, 0.15) is 60.2 Å². The van der Waals surface area contributed by atoms with Crippen LogP contribution in [0.5, 0.6) is 0 Å². The second-order valence-electron chi connectivity index (χ2n) is 7.88. The van der Waals surface area contributed by atoms with Crippen molar-refractivity contribution in [2.75, 3.05) is 18.0 Å². The van der Waals surface area contributed by atoms with Crippen LogP contribution < -0.4 is 10.5 Å². The van der Waals surface area contributed by atoms with E-state index in [4.69, 9.17) is 4.98 Å². The average molecular weight is 377 g/mol. The van der Waals surface area contributed by atoms with Gasteiger partial charge in [0.1, 0.15) is 17.5 Å². The summed E-state index contributed by atoms with van der Waals surface area (Å²) in [6.07, 6.45) is 8.41. The van der Waals surface area contributed by atoms with Crippen molar-refractivity contribution in [3.8, 4) is 0 Å². The molecule has 1 saturated heterocycles. The number of carbonyl (C=O) groups is 1. The molecule has 1 N–H and O–H groups in total. The molecule has 1 aromatic carbocycles. The third kappa shape index (κ3) is 2.91. The predicted molar refractivity (Wildman–Crippen MR) is 107 cm³/mol. The van der Waals surface area contributed by atoms with Crippen molar-refractivity contribution in [3.05, 3.63) is 52.2 Å². The number of H-pyrrole nitrogens is 1. The fourth-order valence-corrected chi connectivity index (χ4v) is 4.37. The Hall–Kier alpha value is -2.96. The maximum absolute atomic E-state index is 12.6. The lowest BCUT2D eigenvalue weighted by atomic mass is 9.95. The molecular weight excluding hydrogens is 354 g/mol. The third-order valence-corrected chi connectivity index (χ3v) is 6.06. The van der Waals surface area contributed by atoms with E-state index in [0.29, 0.717) is 17.0 Å². The number of anilines is 1. The molecule has 0 unspecified atom stereocenters. The van der Waals surface area contributed by atoms with Gasteiger partial charge in [0.05, 0.1) is 18.2 Å². The number of hydrogen-bond donors (Lipinski definition) is 1. The molecule has 2 aliphatic rings. The third-order valence-electron chi connectivity index (χ3n) is 6.06. The van der Waals surface area contributed by atoms with Gasteiger partial charge in [-0.2, -0.15) is 5.10 Å². The zero-order chi connectivity index (χ0) is 19.1. The van der Waals surface area contributed by atoms with E-state index in [9.17, 15) is 9.59 Å². The Morgan fingerprint density at radius 3 is 2.54 bits per heavy atom. The van der Waals surface area contributed by atoms with E-state index in [0.717, 1.165) is 49.4 Å². The van der Waals surface area contributed by atoms with Gasteiger partial charge in [0.2, 0.25) is 0 Å². The van der Waals surface area contributed by atoms with Crippen LogP contribution >= 0.6 is 0 Å². The van der Waals surface area contributed by atoms with Gasteiger partial charge < -0.3 is 9.88 Å². The number of carbonyl (C=O) groups excluding carboxylic acids is 1. The molecule has 5 rings (SSSR count). The number of aromatic nitrogens is 4. The minimum Gasteiger partial charge on any atom is -0.370 e. The molecule has 2 aromatic heterocycles. The molecule has 7 heteroatoms. The molecule has 1 saturated carbocycles. The van der Waals surface area contributed by atoms with Gasteiger partial charge in [-0.05, 0) is 37.1 Å². The molecule has 144 valence electrons. The van der Waals surface area contributed by atoms with Crippen molar-refractivity contribution in [1.82, 2.24) is 19.7 Å². The number of nitrogens with zero attached hydrogens (tertiary/aromatic N) is 4. The Morgan fingerprint density at radius 2 is 1.82 bits per heavy atom. The van der Waals surface area contributed by atoms with E-state index < -0.39 is 0 Å². The van der Waals surface area contributed by atoms with E-state index in [2.05, 4.69) is 15.0 Å². The molecule has 1 aliphatic heterocycles. The summed E-state index contributed by atoms with van der Waals surface area (Å²) in [7, 11) is 0. The first-order chi connectivity index (χ1) is 13.7. The summed E-state index contributed by atoms with van der Waals surface area (Å²) in [5.41, 5.74) is 2.38. The normalized spacial score (nSPS) is 18.4. The Kier molecular flexibility index (Phi) is 4.22. The first kappa shape index (κ1) is 17.2. The zero-order valence-electron chi connectivity index (χ0n) is 15.7. The number of hydrogen-bond acceptors (Lipinski definition) is 5. The SMILES string of the molecule is O=Cc1ccc(N2CC(c3nc4c(cnn4C4CCCCC4)c(=O)[nH]3)C2)cc1. The molecule has 0 bridgehead atoms. The van der Waals surface area contributed by atoms with Crippen LogP contribution in [0.25, 0.3) is 11.0 Å². The van der Waals surface area contributed by atoms with Crippen LogP contribution in [0.4, 0.5) is 5.69 Å². The maximum Gasteiger partial charge on any atom is 0.262 e. The largest absolute Gasteiger partial charge is 0.370 e. The van der Waals surface area contributed by atoms with Gasteiger partial charge in [-0.3, -0.25) is 9.59 Å². The molecule has 28 heavy (non-hydrogen) atoms. The Labute approximate surface area is 162 Å². The lowest BCUT2D eigenvalue weighted by Gasteiger charge is -2.40. The van der Waals surface area contributed by atoms with Gasteiger partial charge in [0.15, 0.2) is 5.65 Å². The van der Waals surface area contributed by atoms with E-state index in [1.54, 1.807) is 6.20 Å². The first-order valence-corrected chi connectivity index (χ1v) is 10.0. The fourth-order valence-electron chi connectivity index (χ4n) is 4.37. The van der Waals surface area contributed by atoms with Crippen LogP contribution in [-0.2, 0) is 0 Å². The molecule has 2 fully saturated rings. The molecule has 0 spiro atoms. The molecule has 0 amide bonds. The Bertz CT molecular complexity index is 1060. The number of benzene rings is 1. The first-order valence-electron chi connectivity index (χ1n) is 10.0. The second-order valence-corrected chi connectivity index (χ2v) is 7.88. The van der Waals surface area contributed by atoms with E-state index in [1.807, 2.05) is 28.9 Å². The van der Waals surface area contributed by atoms with Crippen LogP contribution in [-0.4, -0.2) is 39.1 Å². The summed E-state index contributed by atoms with van der Waals surface area (Å²) in [5, 5.41) is 5.08. The Morgan fingerprint density at radius 1 is 1.07 bits per heavy atom. The highest BCUT2D eigenvalue weighted by molar-refractivity contribution is 5.76. The van der Waals surface area contributed by atoms with Crippen molar-refractivity contribution in [2.45, 2.75) is 44.1 Å². The standard InChI is InChI=1S/C21H23N5O2/c27-13-14-6-8-16(9-7-14)25-11-15(12-25)19-23-20-18(21(28)24-19)10-22-26(20)17-4-2-1-3-5-17/h6-10,13,15,17H,1-5,11-12H2,(H,23,24,28). The van der Waals surface area contributed by atoms with Gasteiger partial charge in [0.25, 0.3) is 5.56 Å². The highest BCUT2D eigenvalue weighted by Crippen LogP contribution is 2.32. The maximum atomic E-state index is 12.6. The lowest BCUT2D eigenvalue weighted by Crippen LogP contribution is -2.46. The van der Waals surface area contributed by atoms with Crippen LogP contribution in [0.15, 0.2) is 35.3 Å². The number of fused-ring (bicyclic) bond motifs is 1. The summed E-state index contributed by atoms with van der Waals surface area (Å²) in [6, 6.07) is 7.91. The quantitative estimate of drug-likeness (QED) is 0.707. The molecule has 3 aromatic rings. The van der Waals surface area contributed by atoms with Crippen LogP contribution in [0, 0.1) is 0 Å². The highest BCUT2D eigenvalue weighted by atomic mass is 16.1. The molecular formula is C21H23N5O2. The summed E-state index contributed by atoms with van der Waals surface area (Å²) >= 11 is 0. The van der Waals surface area contributed by atoms with E-state index in [-0.39, 0.29) is 11.5 Å². The van der Waals surface area contributed by atoms with Crippen LogP contribution in [0.2, 0.25) is 0 Å². The lowest BCUT2D eigenvalue weighted by molar-refractivity contribution is 0.112. The van der Waals surface area contributed by atoms with E-state index in [1.165, 1.54) is 19.3 Å². The van der Waals surface area contributed by atoms with Gasteiger partial charge >= 0.3 is 0 Å². The van der Waals surface area contributed by atoms with Crippen molar-refractivity contribution < 1.29 is 4.79 Å². The van der Waals surface area contributed by atoms with Gasteiger partial charge in [-0.15, -0.1) is 0 Å². The summed E-state index contributed by atoms with van der Waals surface area (Å²) in [5.74, 6) is 0.938. The number of aromatic amines is 1. The monoisotopic (exact) mass is 377 g/mol. The number of rotatable bonds is 4. The molecule has 0 atom stereocenters. The van der Waals surface area contributed by atoms with Gasteiger partial charge in [-0.25, -0.2) is 9.67 Å².